The quantitative estimate of drug-likeness (QED) is 0.271. The van der Waals surface area contributed by atoms with Gasteiger partial charge in [-0.1, -0.05) is 41.6 Å². The fourth-order valence-electron chi connectivity index (χ4n) is 4.17. The maximum Gasteiger partial charge on any atom is 0.267 e. The minimum Gasteiger partial charge on any atom is -0.325 e. The van der Waals surface area contributed by atoms with Crippen molar-refractivity contribution in [1.82, 2.24) is 9.55 Å². The van der Waals surface area contributed by atoms with Crippen molar-refractivity contribution in [2.24, 2.45) is 0 Å². The van der Waals surface area contributed by atoms with Gasteiger partial charge in [-0.3, -0.25) is 14.2 Å². The van der Waals surface area contributed by atoms with Gasteiger partial charge in [0.25, 0.3) is 5.56 Å². The molecule has 0 fully saturated rings. The summed E-state index contributed by atoms with van der Waals surface area (Å²) >= 11 is 8.90. The van der Waals surface area contributed by atoms with Crippen molar-refractivity contribution in [3.05, 3.63) is 79.9 Å². The van der Waals surface area contributed by atoms with E-state index in [1.165, 1.54) is 16.6 Å². The predicted octanol–water partition coefficient (Wildman–Crippen LogP) is 6.02. The number of carbonyl (C=O) groups excluding carboxylic acids is 1. The lowest BCUT2D eigenvalue weighted by molar-refractivity contribution is -0.113. The van der Waals surface area contributed by atoms with Crippen molar-refractivity contribution in [3.8, 4) is 5.69 Å². The second-order valence-electron chi connectivity index (χ2n) is 8.11. The number of nitrogens with one attached hydrogen (secondary N) is 1. The molecule has 0 atom stereocenters. The highest BCUT2D eigenvalue weighted by Crippen LogP contribution is 2.35. The number of rotatable bonds is 5. The summed E-state index contributed by atoms with van der Waals surface area (Å²) in [5.74, 6) is -0.0562. The van der Waals surface area contributed by atoms with Crippen LogP contribution in [0.1, 0.15) is 28.8 Å². The number of amides is 1. The first-order chi connectivity index (χ1) is 16.0. The van der Waals surface area contributed by atoms with Gasteiger partial charge in [0.05, 0.1) is 16.8 Å². The Morgan fingerprint density at radius 3 is 2.82 bits per heavy atom. The highest BCUT2D eigenvalue weighted by molar-refractivity contribution is 7.99. The zero-order valence-corrected chi connectivity index (χ0v) is 20.4. The normalized spacial score (nSPS) is 13.2. The lowest BCUT2D eigenvalue weighted by Gasteiger charge is -2.14. The number of aromatic nitrogens is 2. The molecular formula is C25H22ClN3O2S2. The number of hydrogen-bond acceptors (Lipinski definition) is 5. The van der Waals surface area contributed by atoms with Crippen LogP contribution in [-0.2, 0) is 17.6 Å². The molecule has 0 saturated heterocycles. The molecule has 2 aromatic carbocycles. The molecule has 0 spiro atoms. The molecule has 0 unspecified atom stereocenters. The minimum atomic E-state index is -0.183. The molecule has 0 radical (unpaired) electrons. The third-order valence-electron chi connectivity index (χ3n) is 5.66. The van der Waals surface area contributed by atoms with Crippen LogP contribution in [0.2, 0.25) is 5.02 Å². The number of carbonyl (C=O) groups is 1. The number of nitrogens with zero attached hydrogens (tertiary/aromatic N) is 2. The highest BCUT2D eigenvalue weighted by atomic mass is 35.5. The summed E-state index contributed by atoms with van der Waals surface area (Å²) in [5, 5.41) is 4.68. The lowest BCUT2D eigenvalue weighted by atomic mass is 9.97. The van der Waals surface area contributed by atoms with Crippen LogP contribution >= 0.6 is 34.7 Å². The molecule has 5 rings (SSSR count). The van der Waals surface area contributed by atoms with E-state index in [1.54, 1.807) is 40.2 Å². The Bertz CT molecular complexity index is 1430. The third-order valence-corrected chi connectivity index (χ3v) is 8.02. The zero-order chi connectivity index (χ0) is 22.9. The Hall–Kier alpha value is -2.61. The van der Waals surface area contributed by atoms with Crippen LogP contribution in [0.4, 0.5) is 5.69 Å². The molecule has 1 N–H and O–H groups in total. The summed E-state index contributed by atoms with van der Waals surface area (Å²) in [5.41, 5.74) is 3.57. The van der Waals surface area contributed by atoms with Gasteiger partial charge in [0, 0.05) is 15.6 Å². The molecule has 2 aromatic heterocycles. The molecule has 1 amide bonds. The number of hydrogen-bond donors (Lipinski definition) is 1. The number of fused-ring (bicyclic) bond motifs is 3. The molecule has 33 heavy (non-hydrogen) atoms. The Morgan fingerprint density at radius 1 is 1.18 bits per heavy atom. The average Bonchev–Trinajstić information content (AvgIpc) is 3.16. The van der Waals surface area contributed by atoms with Crippen molar-refractivity contribution in [2.45, 2.75) is 37.8 Å². The second-order valence-corrected chi connectivity index (χ2v) is 10.6. The van der Waals surface area contributed by atoms with E-state index >= 15 is 0 Å². The lowest BCUT2D eigenvalue weighted by Crippen LogP contribution is -2.23. The molecule has 8 heteroatoms. The molecule has 0 saturated carbocycles. The highest BCUT2D eigenvalue weighted by Gasteiger charge is 2.23. The molecule has 0 aliphatic heterocycles. The number of aryl methyl sites for hydroxylation is 3. The van der Waals surface area contributed by atoms with Crippen LogP contribution < -0.4 is 10.9 Å². The van der Waals surface area contributed by atoms with Gasteiger partial charge in [-0.15, -0.1) is 11.3 Å². The number of benzene rings is 2. The Morgan fingerprint density at radius 2 is 2.00 bits per heavy atom. The molecule has 0 bridgehead atoms. The van der Waals surface area contributed by atoms with Gasteiger partial charge in [0.1, 0.15) is 4.83 Å². The van der Waals surface area contributed by atoms with Gasteiger partial charge in [-0.2, -0.15) is 0 Å². The van der Waals surface area contributed by atoms with Crippen molar-refractivity contribution in [3.63, 3.8) is 0 Å². The van der Waals surface area contributed by atoms with Crippen molar-refractivity contribution in [1.29, 1.82) is 0 Å². The molecule has 5 nitrogen and oxygen atoms in total. The number of anilines is 1. The van der Waals surface area contributed by atoms with Gasteiger partial charge >= 0.3 is 0 Å². The van der Waals surface area contributed by atoms with E-state index in [1.807, 2.05) is 31.2 Å². The Balaban J connectivity index is 1.53. The maximum atomic E-state index is 13.8. The smallest absolute Gasteiger partial charge is 0.267 e. The summed E-state index contributed by atoms with van der Waals surface area (Å²) < 4.78 is 1.66. The topological polar surface area (TPSA) is 64.0 Å². The molecular weight excluding hydrogens is 474 g/mol. The predicted molar refractivity (Wildman–Crippen MR) is 137 cm³/mol. The third kappa shape index (κ3) is 4.58. The monoisotopic (exact) mass is 495 g/mol. The van der Waals surface area contributed by atoms with Crippen molar-refractivity contribution >= 4 is 56.5 Å². The van der Waals surface area contributed by atoms with E-state index in [0.717, 1.165) is 52.7 Å². The minimum absolute atomic E-state index is 0.0530. The average molecular weight is 496 g/mol. The van der Waals surface area contributed by atoms with E-state index < -0.39 is 0 Å². The Labute approximate surface area is 204 Å². The van der Waals surface area contributed by atoms with Crippen LogP contribution in [0.5, 0.6) is 0 Å². The summed E-state index contributed by atoms with van der Waals surface area (Å²) in [6.07, 6.45) is 4.18. The van der Waals surface area contributed by atoms with Crippen molar-refractivity contribution < 1.29 is 4.79 Å². The largest absolute Gasteiger partial charge is 0.325 e. The van der Waals surface area contributed by atoms with Gasteiger partial charge < -0.3 is 5.32 Å². The second kappa shape index (κ2) is 9.33. The molecule has 1 aliphatic rings. The summed E-state index contributed by atoms with van der Waals surface area (Å²) in [6, 6.07) is 14.9. The first-order valence-electron chi connectivity index (χ1n) is 10.8. The van der Waals surface area contributed by atoms with Crippen molar-refractivity contribution in [2.75, 3.05) is 11.1 Å². The van der Waals surface area contributed by atoms with E-state index in [0.29, 0.717) is 15.9 Å². The maximum absolute atomic E-state index is 13.8. The fourth-order valence-corrected chi connectivity index (χ4v) is 6.48. The van der Waals surface area contributed by atoms with Crippen LogP contribution in [0, 0.1) is 6.92 Å². The first-order valence-corrected chi connectivity index (χ1v) is 13.0. The number of halogens is 1. The number of thiophene rings is 1. The molecule has 1 aliphatic carbocycles. The van der Waals surface area contributed by atoms with Gasteiger partial charge in [0.15, 0.2) is 5.16 Å². The van der Waals surface area contributed by atoms with Crippen LogP contribution in [0.15, 0.2) is 58.5 Å². The SMILES string of the molecule is Cc1cccc(-n2c(SCC(=O)Nc3cccc(Cl)c3)nc3sc4c(c3c2=O)CCCC4)c1. The molecule has 4 aromatic rings. The summed E-state index contributed by atoms with van der Waals surface area (Å²) in [7, 11) is 0. The zero-order valence-electron chi connectivity index (χ0n) is 18.1. The van der Waals surface area contributed by atoms with Crippen LogP contribution in [0.25, 0.3) is 15.9 Å². The Kier molecular flexibility index (Phi) is 6.27. The van der Waals surface area contributed by atoms with Crippen LogP contribution in [0.3, 0.4) is 0 Å². The van der Waals surface area contributed by atoms with Gasteiger partial charge in [0.2, 0.25) is 5.91 Å². The molecule has 168 valence electrons. The van der Waals surface area contributed by atoms with Gasteiger partial charge in [-0.25, -0.2) is 4.98 Å². The standard InChI is InChI=1S/C25H22ClN3O2S2/c1-15-6-4-9-18(12-15)29-24(31)22-19-10-2-3-11-20(19)33-23(22)28-25(29)32-14-21(30)27-17-8-5-7-16(26)13-17/h4-9,12-13H,2-3,10-11,14H2,1H3,(H,27,30). The van der Waals surface area contributed by atoms with E-state index in [9.17, 15) is 9.59 Å². The van der Waals surface area contributed by atoms with E-state index in [-0.39, 0.29) is 17.2 Å². The first kappa shape index (κ1) is 22.2. The number of thioether (sulfide) groups is 1. The van der Waals surface area contributed by atoms with E-state index in [4.69, 9.17) is 16.6 Å². The molecule has 2 heterocycles. The summed E-state index contributed by atoms with van der Waals surface area (Å²) in [4.78, 5) is 33.3. The summed E-state index contributed by atoms with van der Waals surface area (Å²) in [6.45, 7) is 2.00. The van der Waals surface area contributed by atoms with Gasteiger partial charge in [-0.05, 0) is 74.1 Å². The fraction of sp³-hybridized carbons (Fsp3) is 0.240. The van der Waals surface area contributed by atoms with Crippen LogP contribution in [-0.4, -0.2) is 21.2 Å². The van der Waals surface area contributed by atoms with E-state index in [2.05, 4.69) is 5.32 Å².